The van der Waals surface area contributed by atoms with Gasteiger partial charge in [-0.05, 0) is 18.1 Å². The normalized spacial score (nSPS) is 14.6. The first-order valence-electron chi connectivity index (χ1n) is 6.39. The van der Waals surface area contributed by atoms with E-state index in [9.17, 15) is 4.39 Å². The lowest BCUT2D eigenvalue weighted by Gasteiger charge is -2.27. The summed E-state index contributed by atoms with van der Waals surface area (Å²) in [6.07, 6.45) is 1.15. The molecule has 2 atom stereocenters. The van der Waals surface area contributed by atoms with Crippen molar-refractivity contribution in [3.05, 3.63) is 29.8 Å². The Labute approximate surface area is 112 Å². The van der Waals surface area contributed by atoms with Crippen molar-refractivity contribution in [1.82, 2.24) is 9.88 Å². The van der Waals surface area contributed by atoms with E-state index in [0.717, 1.165) is 6.20 Å². The summed E-state index contributed by atoms with van der Waals surface area (Å²) in [5.74, 6) is -0.304. The zero-order valence-electron chi connectivity index (χ0n) is 11.2. The molecule has 0 aliphatic carbocycles. The summed E-state index contributed by atoms with van der Waals surface area (Å²) in [5, 5.41) is 17.9. The maximum absolute atomic E-state index is 12.8. The van der Waals surface area contributed by atoms with Crippen LogP contribution in [-0.4, -0.2) is 52.9 Å². The summed E-state index contributed by atoms with van der Waals surface area (Å²) in [6.45, 7) is 3.68. The van der Waals surface area contributed by atoms with E-state index in [1.165, 1.54) is 6.07 Å². The molecule has 1 aromatic rings. The number of rotatable bonds is 8. The van der Waals surface area contributed by atoms with Crippen molar-refractivity contribution >= 4 is 0 Å². The van der Waals surface area contributed by atoms with Crippen LogP contribution in [0, 0.1) is 11.7 Å². The molecule has 0 saturated carbocycles. The van der Waals surface area contributed by atoms with Gasteiger partial charge in [0.05, 0.1) is 31.1 Å². The van der Waals surface area contributed by atoms with Gasteiger partial charge in [-0.1, -0.05) is 6.92 Å². The molecule has 0 aromatic carbocycles. The molecule has 108 valence electrons. The standard InChI is InChI=1S/C13H22FN3O2/c1-10(9-17(4-6-18)5-7-19)13(15)12-3-2-11(14)8-16-12/h2-3,8,10,13,18-19H,4-7,9,15H2,1H3. The van der Waals surface area contributed by atoms with Gasteiger partial charge in [0, 0.05) is 19.6 Å². The fourth-order valence-corrected chi connectivity index (χ4v) is 1.97. The summed E-state index contributed by atoms with van der Waals surface area (Å²) in [4.78, 5) is 5.92. The van der Waals surface area contributed by atoms with Crippen LogP contribution in [0.1, 0.15) is 18.7 Å². The van der Waals surface area contributed by atoms with Gasteiger partial charge in [0.25, 0.3) is 0 Å². The van der Waals surface area contributed by atoms with E-state index in [1.807, 2.05) is 11.8 Å². The molecule has 0 aliphatic rings. The van der Waals surface area contributed by atoms with Gasteiger partial charge < -0.3 is 15.9 Å². The van der Waals surface area contributed by atoms with E-state index in [0.29, 0.717) is 25.3 Å². The molecule has 0 bridgehead atoms. The van der Waals surface area contributed by atoms with Crippen LogP contribution < -0.4 is 5.73 Å². The fraction of sp³-hybridized carbons (Fsp3) is 0.615. The lowest BCUT2D eigenvalue weighted by atomic mass is 9.98. The van der Waals surface area contributed by atoms with Crippen LogP contribution >= 0.6 is 0 Å². The first kappa shape index (κ1) is 16.0. The largest absolute Gasteiger partial charge is 0.395 e. The highest BCUT2D eigenvalue weighted by atomic mass is 19.1. The Kier molecular flexibility index (Phi) is 6.86. The average Bonchev–Trinajstić information content (AvgIpc) is 2.39. The number of halogens is 1. The minimum Gasteiger partial charge on any atom is -0.395 e. The molecule has 0 saturated heterocycles. The number of nitrogens with zero attached hydrogens (tertiary/aromatic N) is 2. The molecule has 0 fully saturated rings. The Morgan fingerprint density at radius 3 is 2.42 bits per heavy atom. The highest BCUT2D eigenvalue weighted by Crippen LogP contribution is 2.18. The second-order valence-corrected chi connectivity index (χ2v) is 4.65. The third-order valence-corrected chi connectivity index (χ3v) is 3.08. The first-order chi connectivity index (χ1) is 9.08. The Balaban J connectivity index is 2.59. The van der Waals surface area contributed by atoms with Gasteiger partial charge in [0.15, 0.2) is 0 Å². The number of hydrogen-bond donors (Lipinski definition) is 3. The Morgan fingerprint density at radius 1 is 1.32 bits per heavy atom. The van der Waals surface area contributed by atoms with E-state index in [2.05, 4.69) is 4.98 Å². The van der Waals surface area contributed by atoms with Crippen molar-refractivity contribution in [2.75, 3.05) is 32.8 Å². The van der Waals surface area contributed by atoms with Crippen molar-refractivity contribution in [1.29, 1.82) is 0 Å². The second-order valence-electron chi connectivity index (χ2n) is 4.65. The van der Waals surface area contributed by atoms with Crippen molar-refractivity contribution in [3.8, 4) is 0 Å². The van der Waals surface area contributed by atoms with E-state index in [1.54, 1.807) is 6.07 Å². The van der Waals surface area contributed by atoms with Gasteiger partial charge in [-0.15, -0.1) is 0 Å². The molecule has 19 heavy (non-hydrogen) atoms. The average molecular weight is 271 g/mol. The van der Waals surface area contributed by atoms with Gasteiger partial charge >= 0.3 is 0 Å². The number of nitrogens with two attached hydrogens (primary N) is 1. The number of pyridine rings is 1. The smallest absolute Gasteiger partial charge is 0.141 e. The van der Waals surface area contributed by atoms with Crippen LogP contribution in [0.5, 0.6) is 0 Å². The highest BCUT2D eigenvalue weighted by Gasteiger charge is 2.19. The summed E-state index contributed by atoms with van der Waals surface area (Å²) >= 11 is 0. The summed E-state index contributed by atoms with van der Waals surface area (Å²) in [5.41, 5.74) is 6.73. The molecule has 1 rings (SSSR count). The van der Waals surface area contributed by atoms with Crippen molar-refractivity contribution in [2.45, 2.75) is 13.0 Å². The van der Waals surface area contributed by atoms with E-state index in [-0.39, 0.29) is 31.0 Å². The third-order valence-electron chi connectivity index (χ3n) is 3.08. The lowest BCUT2D eigenvalue weighted by molar-refractivity contribution is 0.141. The van der Waals surface area contributed by atoms with Crippen molar-refractivity contribution in [3.63, 3.8) is 0 Å². The van der Waals surface area contributed by atoms with Crippen LogP contribution in [0.3, 0.4) is 0 Å². The van der Waals surface area contributed by atoms with Crippen LogP contribution in [0.2, 0.25) is 0 Å². The molecule has 1 heterocycles. The highest BCUT2D eigenvalue weighted by molar-refractivity contribution is 5.10. The molecule has 0 spiro atoms. The predicted octanol–water partition coefficient (Wildman–Crippen LogP) is 0.143. The lowest BCUT2D eigenvalue weighted by Crippen LogP contribution is -2.37. The van der Waals surface area contributed by atoms with E-state index < -0.39 is 0 Å². The monoisotopic (exact) mass is 271 g/mol. The molecule has 0 amide bonds. The quantitative estimate of drug-likeness (QED) is 0.626. The van der Waals surface area contributed by atoms with Gasteiger partial charge in [-0.2, -0.15) is 0 Å². The minimum absolute atomic E-state index is 0.0384. The molecule has 0 aliphatic heterocycles. The second kappa shape index (κ2) is 8.16. The Morgan fingerprint density at radius 2 is 1.95 bits per heavy atom. The molecule has 2 unspecified atom stereocenters. The van der Waals surface area contributed by atoms with E-state index >= 15 is 0 Å². The first-order valence-corrected chi connectivity index (χ1v) is 6.39. The topological polar surface area (TPSA) is 82.6 Å². The molecular formula is C13H22FN3O2. The molecule has 6 heteroatoms. The zero-order chi connectivity index (χ0) is 14.3. The maximum atomic E-state index is 12.8. The van der Waals surface area contributed by atoms with Crippen molar-refractivity contribution < 1.29 is 14.6 Å². The van der Waals surface area contributed by atoms with E-state index in [4.69, 9.17) is 15.9 Å². The molecular weight excluding hydrogens is 249 g/mol. The summed E-state index contributed by atoms with van der Waals surface area (Å²) < 4.78 is 12.8. The van der Waals surface area contributed by atoms with Gasteiger partial charge in [-0.25, -0.2) is 4.39 Å². The van der Waals surface area contributed by atoms with Crippen molar-refractivity contribution in [2.24, 2.45) is 11.7 Å². The molecule has 5 nitrogen and oxygen atoms in total. The number of hydrogen-bond acceptors (Lipinski definition) is 5. The van der Waals surface area contributed by atoms with Gasteiger partial charge in [0.1, 0.15) is 5.82 Å². The fourth-order valence-electron chi connectivity index (χ4n) is 1.97. The SMILES string of the molecule is CC(CN(CCO)CCO)C(N)c1ccc(F)cn1. The summed E-state index contributed by atoms with van der Waals surface area (Å²) in [6, 6.07) is 2.62. The van der Waals surface area contributed by atoms with Gasteiger partial charge in [-0.3, -0.25) is 9.88 Å². The molecule has 1 aromatic heterocycles. The molecule has 4 N–H and O–H groups in total. The number of aromatic nitrogens is 1. The number of aliphatic hydroxyl groups is 2. The zero-order valence-corrected chi connectivity index (χ0v) is 11.2. The van der Waals surface area contributed by atoms with Crippen LogP contribution in [0.25, 0.3) is 0 Å². The van der Waals surface area contributed by atoms with Crippen LogP contribution in [-0.2, 0) is 0 Å². The van der Waals surface area contributed by atoms with Crippen LogP contribution in [0.15, 0.2) is 18.3 Å². The molecule has 0 radical (unpaired) electrons. The third kappa shape index (κ3) is 5.20. The Hall–Kier alpha value is -1.08. The minimum atomic E-state index is -0.384. The van der Waals surface area contributed by atoms with Gasteiger partial charge in [0.2, 0.25) is 0 Å². The van der Waals surface area contributed by atoms with Crippen LogP contribution in [0.4, 0.5) is 4.39 Å². The summed E-state index contributed by atoms with van der Waals surface area (Å²) in [7, 11) is 0. The Bertz CT molecular complexity index is 355. The maximum Gasteiger partial charge on any atom is 0.141 e. The number of aliphatic hydroxyl groups excluding tert-OH is 2. The predicted molar refractivity (Wildman–Crippen MR) is 70.9 cm³/mol.